The van der Waals surface area contributed by atoms with E-state index in [0.717, 1.165) is 6.07 Å². The van der Waals surface area contributed by atoms with E-state index in [-0.39, 0.29) is 29.8 Å². The van der Waals surface area contributed by atoms with Crippen LogP contribution in [0.25, 0.3) is 0 Å². The molecule has 0 spiro atoms. The molecule has 6 heteroatoms. The van der Waals surface area contributed by atoms with E-state index in [4.69, 9.17) is 19.0 Å². The molecule has 0 aliphatic heterocycles. The third-order valence-corrected chi connectivity index (χ3v) is 2.21. The number of aromatic carboxylic acids is 1. The van der Waals surface area contributed by atoms with Gasteiger partial charge in [0.05, 0.1) is 17.7 Å². The molecular weight excluding hydrogens is 250 g/mol. The molecule has 0 aromatic heterocycles. The minimum atomic E-state index is -1.36. The van der Waals surface area contributed by atoms with Crippen molar-refractivity contribution in [3.63, 3.8) is 0 Å². The largest absolute Gasteiger partial charge is 0.478 e. The van der Waals surface area contributed by atoms with Crippen molar-refractivity contribution in [3.05, 3.63) is 48.7 Å². The quantitative estimate of drug-likeness (QED) is 0.761. The van der Waals surface area contributed by atoms with Crippen molar-refractivity contribution in [2.45, 2.75) is 0 Å². The molecule has 1 aromatic carbocycles. The highest BCUT2D eigenvalue weighted by atomic mass is 16.5. The average molecular weight is 261 g/mol. The van der Waals surface area contributed by atoms with E-state index >= 15 is 0 Å². The Morgan fingerprint density at radius 2 is 1.89 bits per heavy atom. The summed E-state index contributed by atoms with van der Waals surface area (Å²) in [6, 6.07) is 3.55. The van der Waals surface area contributed by atoms with Crippen molar-refractivity contribution in [3.8, 4) is 0 Å². The van der Waals surface area contributed by atoms with Crippen molar-refractivity contribution in [2.75, 3.05) is 13.2 Å². The van der Waals surface area contributed by atoms with Gasteiger partial charge in [0.25, 0.3) is 5.91 Å². The number of nitrogens with one attached hydrogen (secondary N) is 1. The Hall–Kier alpha value is -2.37. The van der Waals surface area contributed by atoms with Crippen LogP contribution in [-0.2, 0) is 4.74 Å². The van der Waals surface area contributed by atoms with Gasteiger partial charge in [0, 0.05) is 19.0 Å². The summed E-state index contributed by atoms with van der Waals surface area (Å²) in [6.07, 6.45) is 0. The molecule has 4 radical (unpaired) electrons. The second-order valence-electron chi connectivity index (χ2n) is 3.37. The number of rotatable bonds is 5. The first-order valence-electron chi connectivity index (χ1n) is 5.24. The fraction of sp³-hybridized carbons (Fsp3) is 0.154. The SMILES string of the molecule is [CH]CNC(=O)c1ccc(C(=O)OC[CH])c(C(=O)O)c1. The van der Waals surface area contributed by atoms with Gasteiger partial charge in [-0.15, -0.1) is 0 Å². The lowest BCUT2D eigenvalue weighted by Crippen LogP contribution is -2.23. The van der Waals surface area contributed by atoms with Gasteiger partial charge in [0.2, 0.25) is 0 Å². The first-order chi connectivity index (χ1) is 9.01. The van der Waals surface area contributed by atoms with Crippen LogP contribution in [-0.4, -0.2) is 36.1 Å². The molecule has 0 saturated carbocycles. The second kappa shape index (κ2) is 6.53. The summed E-state index contributed by atoms with van der Waals surface area (Å²) >= 11 is 0. The predicted molar refractivity (Wildman–Crippen MR) is 64.6 cm³/mol. The normalized spacial score (nSPS) is 9.79. The van der Waals surface area contributed by atoms with Crippen LogP contribution >= 0.6 is 0 Å². The van der Waals surface area contributed by atoms with E-state index in [0.29, 0.717) is 0 Å². The zero-order valence-electron chi connectivity index (χ0n) is 9.88. The summed E-state index contributed by atoms with van der Waals surface area (Å²) in [5.74, 6) is -2.76. The smallest absolute Gasteiger partial charge is 0.339 e. The minimum absolute atomic E-state index is 0.0761. The second-order valence-corrected chi connectivity index (χ2v) is 3.37. The fourth-order valence-electron chi connectivity index (χ4n) is 1.39. The lowest BCUT2D eigenvalue weighted by atomic mass is 10.0. The molecule has 1 amide bonds. The number of carbonyl (C=O) groups excluding carboxylic acids is 2. The van der Waals surface area contributed by atoms with Crippen molar-refractivity contribution in [2.24, 2.45) is 0 Å². The number of carboxylic acid groups (broad SMARTS) is 1. The van der Waals surface area contributed by atoms with Gasteiger partial charge in [-0.05, 0) is 25.1 Å². The molecule has 0 aliphatic rings. The van der Waals surface area contributed by atoms with Crippen LogP contribution in [0.5, 0.6) is 0 Å². The maximum absolute atomic E-state index is 11.5. The van der Waals surface area contributed by atoms with Gasteiger partial charge in [-0.1, -0.05) is 0 Å². The Kier molecular flexibility index (Phi) is 5.05. The van der Waals surface area contributed by atoms with E-state index in [1.54, 1.807) is 0 Å². The molecular formula is C13H11NO5. The average Bonchev–Trinajstić information content (AvgIpc) is 2.38. The van der Waals surface area contributed by atoms with Crippen LogP contribution in [0, 0.1) is 13.8 Å². The van der Waals surface area contributed by atoms with Gasteiger partial charge in [-0.3, -0.25) is 4.79 Å². The molecule has 1 aromatic rings. The lowest BCUT2D eigenvalue weighted by Gasteiger charge is -2.08. The Balaban J connectivity index is 3.18. The zero-order chi connectivity index (χ0) is 14.4. The van der Waals surface area contributed by atoms with Gasteiger partial charge in [-0.25, -0.2) is 9.59 Å². The van der Waals surface area contributed by atoms with Crippen molar-refractivity contribution >= 4 is 17.8 Å². The Bertz CT molecular complexity index is 510. The molecule has 1 rings (SSSR count). The van der Waals surface area contributed by atoms with Crippen LogP contribution in [0.15, 0.2) is 18.2 Å². The number of benzene rings is 1. The summed E-state index contributed by atoms with van der Waals surface area (Å²) in [7, 11) is 0. The van der Waals surface area contributed by atoms with Gasteiger partial charge in [-0.2, -0.15) is 0 Å². The molecule has 0 aliphatic carbocycles. The molecule has 2 N–H and O–H groups in total. The number of amides is 1. The van der Waals surface area contributed by atoms with Crippen molar-refractivity contribution in [1.29, 1.82) is 0 Å². The van der Waals surface area contributed by atoms with Crippen LogP contribution in [0.4, 0.5) is 0 Å². The molecule has 0 saturated heterocycles. The van der Waals surface area contributed by atoms with Gasteiger partial charge >= 0.3 is 11.9 Å². The molecule has 0 atom stereocenters. The van der Waals surface area contributed by atoms with Crippen LogP contribution in [0.1, 0.15) is 31.1 Å². The topological polar surface area (TPSA) is 92.7 Å². The van der Waals surface area contributed by atoms with E-state index in [1.807, 2.05) is 0 Å². The third-order valence-electron chi connectivity index (χ3n) is 2.21. The van der Waals surface area contributed by atoms with E-state index in [1.165, 1.54) is 12.1 Å². The number of ether oxygens (including phenoxy) is 1. The third kappa shape index (κ3) is 3.54. The molecule has 0 heterocycles. The summed E-state index contributed by atoms with van der Waals surface area (Å²) in [4.78, 5) is 34.1. The first-order valence-corrected chi connectivity index (χ1v) is 5.24. The first kappa shape index (κ1) is 14.7. The summed E-state index contributed by atoms with van der Waals surface area (Å²) in [5, 5.41) is 11.3. The van der Waals surface area contributed by atoms with E-state index in [9.17, 15) is 14.4 Å². The summed E-state index contributed by atoms with van der Waals surface area (Å²) in [5.41, 5.74) is -0.447. The van der Waals surface area contributed by atoms with Gasteiger partial charge < -0.3 is 15.2 Å². The van der Waals surface area contributed by atoms with E-state index < -0.39 is 17.8 Å². The Morgan fingerprint density at radius 3 is 2.42 bits per heavy atom. The minimum Gasteiger partial charge on any atom is -0.478 e. The highest BCUT2D eigenvalue weighted by Gasteiger charge is 2.19. The summed E-state index contributed by atoms with van der Waals surface area (Å²) < 4.78 is 4.52. The van der Waals surface area contributed by atoms with Crippen molar-refractivity contribution in [1.82, 2.24) is 5.32 Å². The summed E-state index contributed by atoms with van der Waals surface area (Å²) in [6.45, 7) is 9.74. The van der Waals surface area contributed by atoms with E-state index in [2.05, 4.69) is 10.1 Å². The highest BCUT2D eigenvalue weighted by molar-refractivity contribution is 6.05. The van der Waals surface area contributed by atoms with Crippen LogP contribution < -0.4 is 5.32 Å². The molecule has 98 valence electrons. The van der Waals surface area contributed by atoms with Crippen molar-refractivity contribution < 1.29 is 24.2 Å². The number of carbonyl (C=O) groups is 3. The maximum atomic E-state index is 11.5. The molecule has 6 nitrogen and oxygen atoms in total. The molecule has 0 fully saturated rings. The maximum Gasteiger partial charge on any atom is 0.339 e. The Morgan fingerprint density at radius 1 is 1.21 bits per heavy atom. The monoisotopic (exact) mass is 261 g/mol. The number of hydrogen-bond donors (Lipinski definition) is 2. The van der Waals surface area contributed by atoms with Gasteiger partial charge in [0.1, 0.15) is 0 Å². The number of esters is 1. The molecule has 0 bridgehead atoms. The Labute approximate surface area is 110 Å². The highest BCUT2D eigenvalue weighted by Crippen LogP contribution is 2.14. The lowest BCUT2D eigenvalue weighted by molar-refractivity contribution is 0.0534. The predicted octanol–water partition coefficient (Wildman–Crippen LogP) is 0.694. The number of carboxylic acids is 1. The standard InChI is InChI=1S/C13H11NO5/c1-3-14-11(15)8-5-6-9(13(18)19-4-2)10(7-8)12(16)17/h1-2,5-7H,3-4H2,(H,14,15)(H,16,17). The van der Waals surface area contributed by atoms with Crippen LogP contribution in [0.3, 0.4) is 0 Å². The fourth-order valence-corrected chi connectivity index (χ4v) is 1.39. The number of hydrogen-bond acceptors (Lipinski definition) is 4. The zero-order valence-corrected chi connectivity index (χ0v) is 9.88. The van der Waals surface area contributed by atoms with Gasteiger partial charge in [0.15, 0.2) is 0 Å². The molecule has 0 unspecified atom stereocenters. The molecule has 19 heavy (non-hydrogen) atoms. The van der Waals surface area contributed by atoms with Crippen LogP contribution in [0.2, 0.25) is 0 Å².